The van der Waals surface area contributed by atoms with Crippen molar-refractivity contribution in [3.63, 3.8) is 0 Å². The number of benzene rings is 2. The van der Waals surface area contributed by atoms with Gasteiger partial charge in [0.25, 0.3) is 17.7 Å². The molecule has 8 nitrogen and oxygen atoms in total. The Morgan fingerprint density at radius 3 is 2.67 bits per heavy atom. The lowest BCUT2D eigenvalue weighted by Gasteiger charge is -2.20. The molecule has 168 valence electrons. The highest BCUT2D eigenvalue weighted by molar-refractivity contribution is 6.32. The van der Waals surface area contributed by atoms with Crippen LogP contribution in [0, 0.1) is 0 Å². The summed E-state index contributed by atoms with van der Waals surface area (Å²) < 4.78 is 16.3. The van der Waals surface area contributed by atoms with E-state index in [4.69, 9.17) is 25.5 Å². The topological polar surface area (TPSA) is 98.1 Å². The van der Waals surface area contributed by atoms with Crippen molar-refractivity contribution < 1.29 is 28.3 Å². The van der Waals surface area contributed by atoms with Crippen LogP contribution in [0.3, 0.4) is 0 Å². The van der Waals surface area contributed by atoms with Gasteiger partial charge in [0.05, 0.1) is 29.0 Å². The highest BCUT2D eigenvalue weighted by atomic mass is 35.5. The number of amides is 3. The number of furan rings is 1. The SMILES string of the molecule is O=C(NCCc1cc(Cl)c2c(c1)OCCO2)c1ccc2c(c1)C(=O)N(Cc1ccco1)C2=O. The Balaban J connectivity index is 1.24. The van der Waals surface area contributed by atoms with Crippen molar-refractivity contribution in [3.05, 3.63) is 81.8 Å². The molecule has 0 aliphatic carbocycles. The molecule has 1 N–H and O–H groups in total. The number of hydrogen-bond acceptors (Lipinski definition) is 6. The lowest BCUT2D eigenvalue weighted by molar-refractivity contribution is 0.0631. The normalized spacial score (nSPS) is 14.4. The summed E-state index contributed by atoms with van der Waals surface area (Å²) in [5.41, 5.74) is 1.68. The highest BCUT2D eigenvalue weighted by Crippen LogP contribution is 2.38. The summed E-state index contributed by atoms with van der Waals surface area (Å²) in [6.07, 6.45) is 2.01. The van der Waals surface area contributed by atoms with Crippen molar-refractivity contribution in [2.45, 2.75) is 13.0 Å². The lowest BCUT2D eigenvalue weighted by atomic mass is 10.1. The van der Waals surface area contributed by atoms with E-state index in [1.54, 1.807) is 18.2 Å². The molecular formula is C24H19ClN2O6. The second-order valence-electron chi connectivity index (χ2n) is 7.64. The van der Waals surface area contributed by atoms with Gasteiger partial charge in [0.1, 0.15) is 19.0 Å². The van der Waals surface area contributed by atoms with Gasteiger partial charge in [-0.15, -0.1) is 0 Å². The molecule has 33 heavy (non-hydrogen) atoms. The maximum atomic E-state index is 12.8. The molecule has 5 rings (SSSR count). The van der Waals surface area contributed by atoms with Gasteiger partial charge in [0.15, 0.2) is 11.5 Å². The van der Waals surface area contributed by atoms with Crippen LogP contribution in [0.25, 0.3) is 0 Å². The van der Waals surface area contributed by atoms with Gasteiger partial charge in [-0.3, -0.25) is 19.3 Å². The van der Waals surface area contributed by atoms with Crippen LogP contribution < -0.4 is 14.8 Å². The molecule has 0 unspecified atom stereocenters. The fraction of sp³-hybridized carbons (Fsp3) is 0.208. The van der Waals surface area contributed by atoms with E-state index in [0.717, 1.165) is 10.5 Å². The van der Waals surface area contributed by atoms with Crippen molar-refractivity contribution in [2.24, 2.45) is 0 Å². The summed E-state index contributed by atoms with van der Waals surface area (Å²) in [4.78, 5) is 39.1. The monoisotopic (exact) mass is 466 g/mol. The van der Waals surface area contributed by atoms with Crippen LogP contribution in [-0.2, 0) is 13.0 Å². The zero-order chi connectivity index (χ0) is 22.9. The van der Waals surface area contributed by atoms with Crippen molar-refractivity contribution in [2.75, 3.05) is 19.8 Å². The summed E-state index contributed by atoms with van der Waals surface area (Å²) in [5.74, 6) is 0.429. The first-order chi connectivity index (χ1) is 16.0. The molecule has 1 aromatic heterocycles. The molecule has 0 atom stereocenters. The number of nitrogens with one attached hydrogen (secondary N) is 1. The predicted molar refractivity (Wildman–Crippen MR) is 118 cm³/mol. The van der Waals surface area contributed by atoms with Gasteiger partial charge in [-0.1, -0.05) is 11.6 Å². The molecular weight excluding hydrogens is 448 g/mol. The number of nitrogens with zero attached hydrogens (tertiary/aromatic N) is 1. The van der Waals surface area contributed by atoms with E-state index >= 15 is 0 Å². The maximum Gasteiger partial charge on any atom is 0.261 e. The fourth-order valence-electron chi connectivity index (χ4n) is 3.86. The van der Waals surface area contributed by atoms with Crippen molar-refractivity contribution in [1.29, 1.82) is 0 Å². The molecule has 3 aromatic rings. The summed E-state index contributed by atoms with van der Waals surface area (Å²) in [6.45, 7) is 1.31. The van der Waals surface area contributed by atoms with Crippen LogP contribution in [0.5, 0.6) is 11.5 Å². The zero-order valence-corrected chi connectivity index (χ0v) is 18.2. The third kappa shape index (κ3) is 4.05. The van der Waals surface area contributed by atoms with Gasteiger partial charge in [0.2, 0.25) is 0 Å². The summed E-state index contributed by atoms with van der Waals surface area (Å²) in [6, 6.07) is 11.5. The Labute approximate surface area is 194 Å². The Kier molecular flexibility index (Phi) is 5.51. The van der Waals surface area contributed by atoms with Gasteiger partial charge in [-0.05, 0) is 54.4 Å². The fourth-order valence-corrected chi connectivity index (χ4v) is 4.15. The maximum absolute atomic E-state index is 12.8. The van der Waals surface area contributed by atoms with Crippen LogP contribution in [-0.4, -0.2) is 42.4 Å². The van der Waals surface area contributed by atoms with Crippen LogP contribution in [0.2, 0.25) is 5.02 Å². The number of fused-ring (bicyclic) bond motifs is 2. The average molecular weight is 467 g/mol. The summed E-state index contributed by atoms with van der Waals surface area (Å²) >= 11 is 6.26. The Morgan fingerprint density at radius 1 is 1.03 bits per heavy atom. The van der Waals surface area contributed by atoms with E-state index in [2.05, 4.69) is 5.32 Å². The number of halogens is 1. The van der Waals surface area contributed by atoms with Gasteiger partial charge in [-0.2, -0.15) is 0 Å². The Hall–Kier alpha value is -3.78. The zero-order valence-electron chi connectivity index (χ0n) is 17.4. The minimum absolute atomic E-state index is 0.0406. The Morgan fingerprint density at radius 2 is 1.85 bits per heavy atom. The molecule has 2 aromatic carbocycles. The smallest absolute Gasteiger partial charge is 0.261 e. The molecule has 0 saturated carbocycles. The molecule has 9 heteroatoms. The molecule has 2 aliphatic rings. The molecule has 3 heterocycles. The van der Waals surface area contributed by atoms with E-state index in [1.807, 2.05) is 6.07 Å². The first kappa shape index (κ1) is 21.1. The minimum atomic E-state index is -0.452. The van der Waals surface area contributed by atoms with Gasteiger partial charge in [-0.25, -0.2) is 0 Å². The molecule has 0 radical (unpaired) electrons. The highest BCUT2D eigenvalue weighted by Gasteiger charge is 2.36. The minimum Gasteiger partial charge on any atom is -0.486 e. The standard InChI is InChI=1S/C24H19ClN2O6/c25-19-10-14(11-20-21(19)33-9-8-32-20)5-6-26-22(28)15-3-4-17-18(12-15)24(30)27(23(17)29)13-16-2-1-7-31-16/h1-4,7,10-12H,5-6,8-9,13H2,(H,26,28). The second-order valence-corrected chi connectivity index (χ2v) is 8.05. The number of rotatable bonds is 6. The first-order valence-electron chi connectivity index (χ1n) is 10.4. The number of hydrogen-bond donors (Lipinski definition) is 1. The molecule has 2 aliphatic heterocycles. The number of carbonyl (C=O) groups is 3. The molecule has 0 saturated heterocycles. The van der Waals surface area contributed by atoms with E-state index in [0.29, 0.717) is 54.0 Å². The van der Waals surface area contributed by atoms with Crippen LogP contribution >= 0.6 is 11.6 Å². The average Bonchev–Trinajstić information content (AvgIpc) is 3.42. The largest absolute Gasteiger partial charge is 0.486 e. The van der Waals surface area contributed by atoms with Gasteiger partial charge in [0, 0.05) is 12.1 Å². The third-order valence-corrected chi connectivity index (χ3v) is 5.76. The van der Waals surface area contributed by atoms with Gasteiger partial charge >= 0.3 is 0 Å². The first-order valence-corrected chi connectivity index (χ1v) is 10.8. The number of ether oxygens (including phenoxy) is 2. The summed E-state index contributed by atoms with van der Waals surface area (Å²) in [5, 5.41) is 3.30. The van der Waals surface area contributed by atoms with Crippen LogP contribution in [0.1, 0.15) is 42.4 Å². The van der Waals surface area contributed by atoms with Crippen molar-refractivity contribution in [1.82, 2.24) is 10.2 Å². The number of carbonyl (C=O) groups excluding carboxylic acids is 3. The quantitative estimate of drug-likeness (QED) is 0.558. The van der Waals surface area contributed by atoms with Crippen LogP contribution in [0.15, 0.2) is 53.1 Å². The van der Waals surface area contributed by atoms with Crippen LogP contribution in [0.4, 0.5) is 0 Å². The summed E-state index contributed by atoms with van der Waals surface area (Å²) in [7, 11) is 0. The predicted octanol–water partition coefficient (Wildman–Crippen LogP) is 3.47. The molecule has 0 bridgehead atoms. The third-order valence-electron chi connectivity index (χ3n) is 5.48. The molecule has 0 fully saturated rings. The molecule has 3 amide bonds. The molecule has 0 spiro atoms. The van der Waals surface area contributed by atoms with E-state index in [9.17, 15) is 14.4 Å². The van der Waals surface area contributed by atoms with E-state index in [-0.39, 0.29) is 23.6 Å². The second kappa shape index (κ2) is 8.63. The lowest BCUT2D eigenvalue weighted by Crippen LogP contribution is -2.28. The Bertz CT molecular complexity index is 1250. The van der Waals surface area contributed by atoms with Crippen molar-refractivity contribution >= 4 is 29.3 Å². The van der Waals surface area contributed by atoms with Gasteiger partial charge < -0.3 is 19.2 Å². The van der Waals surface area contributed by atoms with E-state index < -0.39 is 11.8 Å². The van der Waals surface area contributed by atoms with Crippen molar-refractivity contribution in [3.8, 4) is 11.5 Å². The number of imide groups is 1. The van der Waals surface area contributed by atoms with E-state index in [1.165, 1.54) is 24.5 Å².